The normalized spacial score (nSPS) is 37.1. The van der Waals surface area contributed by atoms with Crippen LogP contribution in [0, 0.1) is 34.5 Å². The monoisotopic (exact) mass is 654 g/mol. The number of carboxylic acids is 1. The van der Waals surface area contributed by atoms with Crippen molar-refractivity contribution >= 4 is 17.5 Å². The van der Waals surface area contributed by atoms with E-state index >= 15 is 4.39 Å². The van der Waals surface area contributed by atoms with Crippen LogP contribution >= 0.6 is 0 Å². The van der Waals surface area contributed by atoms with Gasteiger partial charge < -0.3 is 15.3 Å². The van der Waals surface area contributed by atoms with Crippen molar-refractivity contribution in [1.29, 1.82) is 0 Å². The lowest BCUT2D eigenvalue weighted by molar-refractivity contribution is -0.219. The number of carbonyl (C=O) groups is 3. The molecule has 0 aliphatic heterocycles. The van der Waals surface area contributed by atoms with Crippen LogP contribution < -0.4 is 0 Å². The van der Waals surface area contributed by atoms with Crippen LogP contribution in [0.15, 0.2) is 48.1 Å². The standard InChI is InChI=1S/C40H59FO6/c1-5-6-7-8-9-10-11-12-13-14-15-16-17-18-19-29(36(45)46)25-34(43)40(47)28(2)24-33-32-21-20-30-26-31(42)22-23-37(30,3)39(32,41)35(44)27-38(33,40)4/h9-10,12-13,22-23,26,28-29,32-33,35,44,47H,5-8,11,14-21,24-25,27H2,1-4H3,(H,45,46)/b10-9+,13-12+/t28-,29?,32+,33+,35+,37+,38+,39?,40+/m1/s1. The molecular formula is C40H59FO6. The summed E-state index contributed by atoms with van der Waals surface area (Å²) in [5.41, 5.74) is -5.47. The molecule has 7 heteroatoms. The summed E-state index contributed by atoms with van der Waals surface area (Å²) in [4.78, 5) is 38.4. The topological polar surface area (TPSA) is 112 Å². The average molecular weight is 655 g/mol. The van der Waals surface area contributed by atoms with Gasteiger partial charge in [-0.05, 0) is 95.1 Å². The van der Waals surface area contributed by atoms with E-state index in [-0.39, 0.29) is 24.5 Å². The maximum Gasteiger partial charge on any atom is 0.306 e. The van der Waals surface area contributed by atoms with Crippen molar-refractivity contribution in [2.75, 3.05) is 0 Å². The predicted octanol–water partition coefficient (Wildman–Crippen LogP) is 8.42. The van der Waals surface area contributed by atoms with Crippen LogP contribution in [0.4, 0.5) is 4.39 Å². The van der Waals surface area contributed by atoms with Crippen molar-refractivity contribution in [2.24, 2.45) is 34.5 Å². The maximum atomic E-state index is 17.4. The first-order chi connectivity index (χ1) is 22.3. The summed E-state index contributed by atoms with van der Waals surface area (Å²) >= 11 is 0. The number of hydrogen-bond acceptors (Lipinski definition) is 5. The van der Waals surface area contributed by atoms with E-state index < -0.39 is 57.7 Å². The van der Waals surface area contributed by atoms with Gasteiger partial charge in [-0.3, -0.25) is 14.4 Å². The number of unbranched alkanes of at least 4 members (excludes halogenated alkanes) is 7. The molecule has 4 aliphatic carbocycles. The first-order valence-corrected chi connectivity index (χ1v) is 18.4. The number of hydrogen-bond donors (Lipinski definition) is 3. The fraction of sp³-hybridized carbons (Fsp3) is 0.725. The van der Waals surface area contributed by atoms with Crippen molar-refractivity contribution in [1.82, 2.24) is 0 Å². The number of halogens is 1. The van der Waals surface area contributed by atoms with E-state index in [1.807, 2.05) is 0 Å². The van der Waals surface area contributed by atoms with E-state index in [4.69, 9.17) is 0 Å². The Labute approximate surface area is 281 Å². The first kappa shape index (κ1) is 37.4. The molecule has 0 heterocycles. The summed E-state index contributed by atoms with van der Waals surface area (Å²) in [5.74, 6) is -4.11. The first-order valence-electron chi connectivity index (χ1n) is 18.4. The minimum atomic E-state index is -2.04. The number of allylic oxidation sites excluding steroid dienone is 8. The number of fused-ring (bicyclic) bond motifs is 5. The molecule has 47 heavy (non-hydrogen) atoms. The molecule has 3 fully saturated rings. The molecular weight excluding hydrogens is 595 g/mol. The fourth-order valence-corrected chi connectivity index (χ4v) is 9.86. The Morgan fingerprint density at radius 2 is 1.68 bits per heavy atom. The Bertz CT molecular complexity index is 1270. The number of Topliss-reactive ketones (excluding diaryl/α,β-unsaturated/α-hetero) is 1. The minimum absolute atomic E-state index is 0.108. The van der Waals surface area contributed by atoms with Gasteiger partial charge >= 0.3 is 5.97 Å². The van der Waals surface area contributed by atoms with Crippen molar-refractivity contribution in [2.45, 2.75) is 148 Å². The van der Waals surface area contributed by atoms with Gasteiger partial charge in [-0.15, -0.1) is 0 Å². The summed E-state index contributed by atoms with van der Waals surface area (Å²) in [6.45, 7) is 7.56. The van der Waals surface area contributed by atoms with Gasteiger partial charge in [0.25, 0.3) is 0 Å². The lowest BCUT2D eigenvalue weighted by Crippen LogP contribution is -2.69. The number of ketones is 2. The fourth-order valence-electron chi connectivity index (χ4n) is 9.86. The number of rotatable bonds is 17. The second-order valence-corrected chi connectivity index (χ2v) is 15.5. The molecule has 4 aliphatic rings. The number of aliphatic hydroxyl groups is 2. The quantitative estimate of drug-likeness (QED) is 0.107. The SMILES string of the molecule is CCCCC/C=C/C/C=C/CCCCCCC(CC(=O)[C@@]1(O)[C@H](C)C[C@H]2[C@@H]3CCC4=CC(=O)C=C[C@]4(C)C3(F)[C@@H](O)C[C@@]21C)C(=O)O. The summed E-state index contributed by atoms with van der Waals surface area (Å²) in [6.07, 6.45) is 23.7. The molecule has 0 aromatic rings. The Morgan fingerprint density at radius 1 is 1.02 bits per heavy atom. The number of carbonyl (C=O) groups excluding carboxylic acids is 2. The molecule has 0 aromatic carbocycles. The largest absolute Gasteiger partial charge is 0.481 e. The molecule has 2 unspecified atom stereocenters. The molecule has 0 radical (unpaired) electrons. The van der Waals surface area contributed by atoms with E-state index in [0.29, 0.717) is 37.7 Å². The summed E-state index contributed by atoms with van der Waals surface area (Å²) < 4.78 is 17.4. The zero-order valence-corrected chi connectivity index (χ0v) is 29.2. The molecule has 0 saturated heterocycles. The second kappa shape index (κ2) is 15.4. The van der Waals surface area contributed by atoms with Gasteiger partial charge in [-0.1, -0.05) is 88.8 Å². The molecule has 0 amide bonds. The van der Waals surface area contributed by atoms with Crippen molar-refractivity contribution in [3.8, 4) is 0 Å². The summed E-state index contributed by atoms with van der Waals surface area (Å²) in [6, 6.07) is 0. The number of carboxylic acid groups (broad SMARTS) is 1. The third-order valence-corrected chi connectivity index (χ3v) is 12.7. The third kappa shape index (κ3) is 7.04. The van der Waals surface area contributed by atoms with Crippen molar-refractivity contribution in [3.05, 3.63) is 48.1 Å². The maximum absolute atomic E-state index is 17.4. The van der Waals surface area contributed by atoms with Gasteiger partial charge in [0.05, 0.1) is 12.0 Å². The van der Waals surface area contributed by atoms with E-state index in [1.54, 1.807) is 26.8 Å². The Hall–Kier alpha value is -2.38. The van der Waals surface area contributed by atoms with E-state index in [2.05, 4.69) is 31.2 Å². The zero-order valence-electron chi connectivity index (χ0n) is 29.2. The molecule has 4 rings (SSSR count). The number of aliphatic carboxylic acids is 1. The smallest absolute Gasteiger partial charge is 0.306 e. The Morgan fingerprint density at radius 3 is 2.34 bits per heavy atom. The van der Waals surface area contributed by atoms with Crippen LogP contribution in [0.3, 0.4) is 0 Å². The molecule has 262 valence electrons. The Kier molecular flexibility index (Phi) is 12.3. The van der Waals surface area contributed by atoms with Crippen LogP contribution in [0.2, 0.25) is 0 Å². The zero-order chi connectivity index (χ0) is 34.5. The number of alkyl halides is 1. The van der Waals surface area contributed by atoms with Crippen LogP contribution in [-0.2, 0) is 14.4 Å². The highest BCUT2D eigenvalue weighted by molar-refractivity contribution is 6.01. The number of aliphatic hydroxyl groups excluding tert-OH is 1. The van der Waals surface area contributed by atoms with Gasteiger partial charge in [0.1, 0.15) is 5.60 Å². The third-order valence-electron chi connectivity index (χ3n) is 12.7. The van der Waals surface area contributed by atoms with Crippen LogP contribution in [0.25, 0.3) is 0 Å². The highest BCUT2D eigenvalue weighted by Gasteiger charge is 2.75. The van der Waals surface area contributed by atoms with Crippen molar-refractivity contribution in [3.63, 3.8) is 0 Å². The highest BCUT2D eigenvalue weighted by atomic mass is 19.1. The van der Waals surface area contributed by atoms with Gasteiger partial charge in [0.2, 0.25) is 0 Å². The lowest BCUT2D eigenvalue weighted by atomic mass is 9.44. The molecule has 3 N–H and O–H groups in total. The molecule has 0 aromatic heterocycles. The highest BCUT2D eigenvalue weighted by Crippen LogP contribution is 2.70. The van der Waals surface area contributed by atoms with Gasteiger partial charge in [0.15, 0.2) is 17.2 Å². The molecule has 6 nitrogen and oxygen atoms in total. The second-order valence-electron chi connectivity index (χ2n) is 15.5. The molecule has 0 spiro atoms. The predicted molar refractivity (Wildman–Crippen MR) is 183 cm³/mol. The van der Waals surface area contributed by atoms with E-state index in [1.165, 1.54) is 31.4 Å². The molecule has 0 bridgehead atoms. The molecule has 3 saturated carbocycles. The summed E-state index contributed by atoms with van der Waals surface area (Å²) in [5, 5.41) is 33.9. The van der Waals surface area contributed by atoms with Gasteiger partial charge in [-0.25, -0.2) is 4.39 Å². The average Bonchev–Trinajstić information content (AvgIpc) is 3.22. The minimum Gasteiger partial charge on any atom is -0.481 e. The van der Waals surface area contributed by atoms with E-state index in [9.17, 15) is 29.7 Å². The summed E-state index contributed by atoms with van der Waals surface area (Å²) in [7, 11) is 0. The van der Waals surface area contributed by atoms with Crippen LogP contribution in [0.5, 0.6) is 0 Å². The Balaban J connectivity index is 1.33. The van der Waals surface area contributed by atoms with Crippen LogP contribution in [0.1, 0.15) is 130 Å². The van der Waals surface area contributed by atoms with Gasteiger partial charge in [-0.2, -0.15) is 0 Å². The molecule has 9 atom stereocenters. The van der Waals surface area contributed by atoms with Gasteiger partial charge in [0, 0.05) is 23.2 Å². The lowest BCUT2D eigenvalue weighted by Gasteiger charge is -2.62. The van der Waals surface area contributed by atoms with Crippen LogP contribution in [-0.4, -0.2) is 50.2 Å². The van der Waals surface area contributed by atoms with E-state index in [0.717, 1.165) is 38.5 Å². The van der Waals surface area contributed by atoms with Crippen molar-refractivity contribution < 1.29 is 34.1 Å².